The molecule has 6 rings (SSSR count). The van der Waals surface area contributed by atoms with Gasteiger partial charge in [0.15, 0.2) is 0 Å². The Kier molecular flexibility index (Phi) is 6.20. The zero-order chi connectivity index (χ0) is 25.2. The van der Waals surface area contributed by atoms with E-state index in [0.29, 0.717) is 42.6 Å². The van der Waals surface area contributed by atoms with Crippen LogP contribution in [0.15, 0.2) is 91.1 Å². The molecule has 3 heterocycles. The molecule has 37 heavy (non-hydrogen) atoms. The Labute approximate surface area is 213 Å². The monoisotopic (exact) mass is 495 g/mol. The zero-order valence-electron chi connectivity index (χ0n) is 20.1. The summed E-state index contributed by atoms with van der Waals surface area (Å²) in [6, 6.07) is 26.5. The number of rotatable bonds is 8. The number of ether oxygens (including phenoxy) is 2. The number of fused-ring (bicyclic) bond motifs is 1. The number of nitrogens with zero attached hydrogens (tertiary/aromatic N) is 2. The summed E-state index contributed by atoms with van der Waals surface area (Å²) in [5.74, 6) is 0.309. The molecule has 1 saturated heterocycles. The Hall–Kier alpha value is -4.36. The van der Waals surface area contributed by atoms with Gasteiger partial charge in [-0.2, -0.15) is 4.98 Å². The highest BCUT2D eigenvalue weighted by atomic mass is 19.1. The molecule has 0 saturated carbocycles. The summed E-state index contributed by atoms with van der Waals surface area (Å²) in [5, 5.41) is 10.5. The largest absolute Gasteiger partial charge is 0.473 e. The third-order valence-corrected chi connectivity index (χ3v) is 6.53. The van der Waals surface area contributed by atoms with Gasteiger partial charge in [0, 0.05) is 41.9 Å². The number of hydrogen-bond acceptors (Lipinski definition) is 5. The van der Waals surface area contributed by atoms with E-state index < -0.39 is 6.10 Å². The van der Waals surface area contributed by atoms with Gasteiger partial charge in [0.25, 0.3) is 0 Å². The molecule has 1 fully saturated rings. The molecule has 1 aliphatic rings. The number of H-pyrrole nitrogens is 1. The van der Waals surface area contributed by atoms with E-state index in [1.54, 1.807) is 18.3 Å². The number of aliphatic hydroxyl groups is 1. The molecular weight excluding hydrogens is 469 g/mol. The minimum atomic E-state index is -0.390. The van der Waals surface area contributed by atoms with Crippen molar-refractivity contribution < 1.29 is 19.0 Å². The van der Waals surface area contributed by atoms with Crippen molar-refractivity contribution in [2.75, 3.05) is 18.0 Å². The maximum atomic E-state index is 15.8. The second kappa shape index (κ2) is 9.95. The van der Waals surface area contributed by atoms with E-state index in [2.05, 4.69) is 9.97 Å². The first-order valence-corrected chi connectivity index (χ1v) is 12.2. The maximum Gasteiger partial charge on any atom is 0.225 e. The predicted molar refractivity (Wildman–Crippen MR) is 141 cm³/mol. The lowest BCUT2D eigenvalue weighted by molar-refractivity contribution is 0.142. The second-order valence-corrected chi connectivity index (χ2v) is 9.13. The van der Waals surface area contributed by atoms with Crippen molar-refractivity contribution in [2.45, 2.75) is 19.3 Å². The lowest BCUT2D eigenvalue weighted by Gasteiger charge is -2.38. The highest BCUT2D eigenvalue weighted by Crippen LogP contribution is 2.41. The molecular formula is C30H26FN3O3. The summed E-state index contributed by atoms with van der Waals surface area (Å²) in [4.78, 5) is 9.84. The Morgan fingerprint density at radius 2 is 1.57 bits per heavy atom. The molecule has 0 atom stereocenters. The molecule has 0 bridgehead atoms. The fraction of sp³-hybridized carbons (Fsp3) is 0.167. The summed E-state index contributed by atoms with van der Waals surface area (Å²) < 4.78 is 27.9. The van der Waals surface area contributed by atoms with Gasteiger partial charge in [-0.05, 0) is 29.3 Å². The first kappa shape index (κ1) is 23.1. The molecule has 0 aliphatic carbocycles. The van der Waals surface area contributed by atoms with E-state index in [-0.39, 0.29) is 12.4 Å². The van der Waals surface area contributed by atoms with Crippen LogP contribution >= 0.6 is 0 Å². The Morgan fingerprint density at radius 3 is 2.24 bits per heavy atom. The van der Waals surface area contributed by atoms with Crippen LogP contribution in [0.25, 0.3) is 22.0 Å². The number of aromatic nitrogens is 2. The molecule has 5 aromatic rings. The van der Waals surface area contributed by atoms with Crippen LogP contribution in [-0.2, 0) is 13.2 Å². The molecule has 186 valence electrons. The molecule has 2 aromatic heterocycles. The van der Waals surface area contributed by atoms with E-state index in [1.165, 1.54) is 6.07 Å². The Balaban J connectivity index is 1.38. The standard InChI is InChI=1S/C30H26FN3O3/c31-25-15-26(34-16-22(35)17-34)29-23(13-14-32-29)28(25)24-11-12-27(36-18-20-7-3-1-4-8-20)33-30(24)37-19-21-9-5-2-6-10-21/h1-15,22,32,35H,16-19H2. The Bertz CT molecular complexity index is 1520. The summed E-state index contributed by atoms with van der Waals surface area (Å²) in [5.41, 5.74) is 4.49. The lowest BCUT2D eigenvalue weighted by Crippen LogP contribution is -2.51. The number of hydrogen-bond donors (Lipinski definition) is 2. The number of nitrogens with one attached hydrogen (secondary N) is 1. The van der Waals surface area contributed by atoms with Gasteiger partial charge >= 0.3 is 0 Å². The van der Waals surface area contributed by atoms with Gasteiger partial charge in [0.05, 0.1) is 17.3 Å². The van der Waals surface area contributed by atoms with E-state index in [4.69, 9.17) is 9.47 Å². The minimum absolute atomic E-state index is 0.282. The predicted octanol–water partition coefficient (Wildman–Crippen LogP) is 5.71. The molecule has 0 spiro atoms. The lowest BCUT2D eigenvalue weighted by atomic mass is 9.99. The minimum Gasteiger partial charge on any atom is -0.473 e. The van der Waals surface area contributed by atoms with Gasteiger partial charge < -0.3 is 24.5 Å². The summed E-state index contributed by atoms with van der Waals surface area (Å²) in [6.07, 6.45) is 1.40. The topological polar surface area (TPSA) is 70.6 Å². The third kappa shape index (κ3) is 4.73. The Morgan fingerprint density at radius 1 is 0.892 bits per heavy atom. The van der Waals surface area contributed by atoms with Crippen molar-refractivity contribution in [1.29, 1.82) is 0 Å². The van der Waals surface area contributed by atoms with Crippen molar-refractivity contribution in [3.63, 3.8) is 0 Å². The van der Waals surface area contributed by atoms with Crippen LogP contribution in [0, 0.1) is 5.82 Å². The SMILES string of the molecule is OC1CN(c2cc(F)c(-c3ccc(OCc4ccccc4)nc3OCc3ccccc3)c3cc[nH]c23)C1. The van der Waals surface area contributed by atoms with Crippen LogP contribution in [0.2, 0.25) is 0 Å². The number of benzene rings is 3. The molecule has 7 heteroatoms. The molecule has 0 radical (unpaired) electrons. The van der Waals surface area contributed by atoms with E-state index in [0.717, 1.165) is 27.7 Å². The van der Waals surface area contributed by atoms with Crippen LogP contribution in [0.4, 0.5) is 10.1 Å². The summed E-state index contributed by atoms with van der Waals surface area (Å²) in [6.45, 7) is 1.60. The van der Waals surface area contributed by atoms with E-state index in [1.807, 2.05) is 71.6 Å². The average molecular weight is 496 g/mol. The van der Waals surface area contributed by atoms with Crippen molar-refractivity contribution in [3.8, 4) is 22.9 Å². The smallest absolute Gasteiger partial charge is 0.225 e. The molecule has 1 aliphatic heterocycles. The number of halogens is 1. The van der Waals surface area contributed by atoms with Crippen LogP contribution < -0.4 is 14.4 Å². The van der Waals surface area contributed by atoms with Crippen LogP contribution in [0.1, 0.15) is 11.1 Å². The average Bonchev–Trinajstić information content (AvgIpc) is 3.40. The number of aromatic amines is 1. The van der Waals surface area contributed by atoms with Gasteiger partial charge in [-0.1, -0.05) is 60.7 Å². The van der Waals surface area contributed by atoms with Gasteiger partial charge in [-0.3, -0.25) is 0 Å². The zero-order valence-corrected chi connectivity index (χ0v) is 20.1. The first-order chi connectivity index (χ1) is 18.2. The van der Waals surface area contributed by atoms with E-state index in [9.17, 15) is 5.11 Å². The maximum absolute atomic E-state index is 15.8. The normalized spacial score (nSPS) is 13.5. The van der Waals surface area contributed by atoms with Crippen molar-refractivity contribution in [2.24, 2.45) is 0 Å². The summed E-state index contributed by atoms with van der Waals surface area (Å²) in [7, 11) is 0. The highest BCUT2D eigenvalue weighted by molar-refractivity contribution is 6.03. The molecule has 2 N–H and O–H groups in total. The number of pyridine rings is 1. The van der Waals surface area contributed by atoms with Crippen molar-refractivity contribution in [3.05, 3.63) is 108 Å². The molecule has 6 nitrogen and oxygen atoms in total. The summed E-state index contributed by atoms with van der Waals surface area (Å²) >= 11 is 0. The van der Waals surface area contributed by atoms with Gasteiger partial charge in [0.1, 0.15) is 19.0 Å². The van der Waals surface area contributed by atoms with Gasteiger partial charge in [-0.15, -0.1) is 0 Å². The second-order valence-electron chi connectivity index (χ2n) is 9.13. The van der Waals surface area contributed by atoms with Gasteiger partial charge in [-0.25, -0.2) is 4.39 Å². The first-order valence-electron chi connectivity index (χ1n) is 12.2. The molecule has 0 amide bonds. The van der Waals surface area contributed by atoms with Crippen LogP contribution in [0.5, 0.6) is 11.8 Å². The van der Waals surface area contributed by atoms with Gasteiger partial charge in [0.2, 0.25) is 11.8 Å². The fourth-order valence-corrected chi connectivity index (χ4v) is 4.62. The number of aliphatic hydroxyl groups excluding tert-OH is 1. The fourth-order valence-electron chi connectivity index (χ4n) is 4.62. The number of β-amino-alcohol motifs (C(OH)–C–C–N with tert-alkyl or cyclic N) is 1. The third-order valence-electron chi connectivity index (χ3n) is 6.53. The van der Waals surface area contributed by atoms with Crippen LogP contribution in [0.3, 0.4) is 0 Å². The van der Waals surface area contributed by atoms with E-state index >= 15 is 4.39 Å². The highest BCUT2D eigenvalue weighted by Gasteiger charge is 2.28. The quantitative estimate of drug-likeness (QED) is 0.289. The van der Waals surface area contributed by atoms with Crippen molar-refractivity contribution in [1.82, 2.24) is 9.97 Å². The molecule has 3 aromatic carbocycles. The van der Waals surface area contributed by atoms with Crippen LogP contribution in [-0.4, -0.2) is 34.3 Å². The number of anilines is 1. The molecule has 0 unspecified atom stereocenters. The van der Waals surface area contributed by atoms with Crippen molar-refractivity contribution >= 4 is 16.6 Å².